The van der Waals surface area contributed by atoms with Crippen LogP contribution in [0.3, 0.4) is 0 Å². The average Bonchev–Trinajstić information content (AvgIpc) is 3.56. The number of benzene rings is 1. The van der Waals surface area contributed by atoms with Crippen molar-refractivity contribution in [1.82, 2.24) is 29.7 Å². The zero-order valence-electron chi connectivity index (χ0n) is 19.3. The molecule has 4 aromatic rings. The van der Waals surface area contributed by atoms with Gasteiger partial charge in [-0.25, -0.2) is 28.7 Å². The Labute approximate surface area is 205 Å². The van der Waals surface area contributed by atoms with Crippen LogP contribution in [0.5, 0.6) is 0 Å². The Hall–Kier alpha value is -3.04. The maximum atomic E-state index is 16.6. The molecule has 1 saturated carbocycles. The molecule has 35 heavy (non-hydrogen) atoms. The van der Waals surface area contributed by atoms with Gasteiger partial charge in [0.15, 0.2) is 17.1 Å². The highest BCUT2D eigenvalue weighted by atomic mass is 35.5. The van der Waals surface area contributed by atoms with Gasteiger partial charge in [-0.2, -0.15) is 5.10 Å². The van der Waals surface area contributed by atoms with Gasteiger partial charge in [0.25, 0.3) is 0 Å². The predicted octanol–water partition coefficient (Wildman–Crippen LogP) is 5.74. The predicted molar refractivity (Wildman–Crippen MR) is 126 cm³/mol. The largest absolute Gasteiger partial charge is 0.373 e. The number of rotatable bonds is 4. The van der Waals surface area contributed by atoms with Crippen LogP contribution in [0.25, 0.3) is 22.4 Å². The lowest BCUT2D eigenvalue weighted by Crippen LogP contribution is -2.33. The van der Waals surface area contributed by atoms with E-state index in [1.165, 1.54) is 12.1 Å². The molecule has 180 valence electrons. The molecule has 2 fully saturated rings. The molecule has 1 saturated heterocycles. The van der Waals surface area contributed by atoms with Crippen LogP contribution in [0.4, 0.5) is 8.78 Å². The molecule has 4 heterocycles. The molecule has 0 radical (unpaired) electrons. The Morgan fingerprint density at radius 2 is 1.91 bits per heavy atom. The zero-order valence-corrected chi connectivity index (χ0v) is 20.1. The summed E-state index contributed by atoms with van der Waals surface area (Å²) in [6, 6.07) is 4.71. The van der Waals surface area contributed by atoms with Gasteiger partial charge in [0.1, 0.15) is 17.0 Å². The minimum atomic E-state index is -1.89. The van der Waals surface area contributed by atoms with Gasteiger partial charge in [0.2, 0.25) is 0 Å². The fourth-order valence-corrected chi connectivity index (χ4v) is 4.63. The highest BCUT2D eigenvalue weighted by Crippen LogP contribution is 2.44. The molecule has 0 N–H and O–H groups in total. The van der Waals surface area contributed by atoms with E-state index in [0.717, 1.165) is 18.4 Å². The number of hydrogen-bond acceptors (Lipinski definition) is 6. The summed E-state index contributed by atoms with van der Waals surface area (Å²) in [4.78, 5) is 18.1. The number of ether oxygens (including phenoxy) is 1. The van der Waals surface area contributed by atoms with Gasteiger partial charge in [-0.1, -0.05) is 11.6 Å². The summed E-state index contributed by atoms with van der Waals surface area (Å²) in [5.41, 5.74) is 1.16. The van der Waals surface area contributed by atoms with Gasteiger partial charge in [-0.05, 0) is 44.9 Å². The van der Waals surface area contributed by atoms with Gasteiger partial charge in [0, 0.05) is 35.2 Å². The fourth-order valence-electron chi connectivity index (χ4n) is 4.47. The van der Waals surface area contributed by atoms with Crippen LogP contribution < -0.4 is 0 Å². The second kappa shape index (κ2) is 8.27. The second-order valence-corrected chi connectivity index (χ2v) is 9.79. The lowest BCUT2D eigenvalue weighted by atomic mass is 9.89. The number of fused-ring (bicyclic) bond motifs is 1. The van der Waals surface area contributed by atoms with E-state index in [9.17, 15) is 4.39 Å². The summed E-state index contributed by atoms with van der Waals surface area (Å²) in [6.45, 7) is 3.80. The van der Waals surface area contributed by atoms with E-state index in [2.05, 4.69) is 25.0 Å². The Balaban J connectivity index is 1.45. The van der Waals surface area contributed by atoms with Crippen LogP contribution in [0.15, 0.2) is 30.6 Å². The molecule has 7 nitrogen and oxygen atoms in total. The molecule has 1 aromatic carbocycles. The third kappa shape index (κ3) is 4.06. The molecular formula is C25H23ClF2N6O. The van der Waals surface area contributed by atoms with Crippen molar-refractivity contribution in [2.24, 2.45) is 0 Å². The van der Waals surface area contributed by atoms with Crippen LogP contribution in [0.2, 0.25) is 5.02 Å². The molecular weight excluding hydrogens is 474 g/mol. The summed E-state index contributed by atoms with van der Waals surface area (Å²) in [5, 5.41) is 4.67. The molecule has 1 aliphatic carbocycles. The van der Waals surface area contributed by atoms with Crippen molar-refractivity contribution < 1.29 is 13.5 Å². The van der Waals surface area contributed by atoms with E-state index < -0.39 is 17.6 Å². The van der Waals surface area contributed by atoms with Crippen molar-refractivity contribution in [3.63, 3.8) is 0 Å². The van der Waals surface area contributed by atoms with Crippen LogP contribution in [-0.2, 0) is 10.4 Å². The van der Waals surface area contributed by atoms with Crippen molar-refractivity contribution in [2.75, 3.05) is 6.61 Å². The number of halogens is 3. The van der Waals surface area contributed by atoms with E-state index in [4.69, 9.17) is 16.3 Å². The first-order chi connectivity index (χ1) is 16.8. The molecule has 2 atom stereocenters. The standard InChI is InChI=1S/C25H23ClF2N6O/c1-13-14(2)31-23-22(30-13)21(18-6-3-16(26)9-19(18)27)32-24(33-23)25(28)7-8-35-20(10-25)15-11-29-34(12-15)17-4-5-17/h3,6,9,11-12,17,20H,4-5,7-8,10H2,1-2H3/t20-,25+/m1/s1. The number of hydrogen-bond donors (Lipinski definition) is 0. The maximum absolute atomic E-state index is 16.6. The summed E-state index contributed by atoms with van der Waals surface area (Å²) < 4.78 is 39.4. The van der Waals surface area contributed by atoms with Crippen LogP contribution in [0, 0.1) is 19.7 Å². The van der Waals surface area contributed by atoms with Crippen LogP contribution in [-0.4, -0.2) is 36.3 Å². The van der Waals surface area contributed by atoms with Crippen molar-refractivity contribution in [2.45, 2.75) is 57.3 Å². The van der Waals surface area contributed by atoms with Crippen LogP contribution >= 0.6 is 11.6 Å². The number of alkyl halides is 1. The van der Waals surface area contributed by atoms with Gasteiger partial charge < -0.3 is 4.74 Å². The smallest absolute Gasteiger partial charge is 0.182 e. The molecule has 0 unspecified atom stereocenters. The third-order valence-electron chi connectivity index (χ3n) is 6.77. The topological polar surface area (TPSA) is 78.6 Å². The van der Waals surface area contributed by atoms with Gasteiger partial charge in [0.05, 0.1) is 36.3 Å². The first kappa shape index (κ1) is 22.4. The maximum Gasteiger partial charge on any atom is 0.182 e. The molecule has 1 aliphatic heterocycles. The third-order valence-corrected chi connectivity index (χ3v) is 7.01. The highest BCUT2D eigenvalue weighted by molar-refractivity contribution is 6.30. The van der Waals surface area contributed by atoms with Crippen molar-refractivity contribution in [1.29, 1.82) is 0 Å². The molecule has 0 spiro atoms. The van der Waals surface area contributed by atoms with Gasteiger partial charge >= 0.3 is 0 Å². The summed E-state index contributed by atoms with van der Waals surface area (Å²) in [5.74, 6) is -0.622. The van der Waals surface area contributed by atoms with Crippen LogP contribution in [0.1, 0.15) is 60.6 Å². The molecule has 0 amide bonds. The quantitative estimate of drug-likeness (QED) is 0.358. The lowest BCUT2D eigenvalue weighted by Gasteiger charge is -2.33. The van der Waals surface area contributed by atoms with E-state index in [0.29, 0.717) is 22.9 Å². The summed E-state index contributed by atoms with van der Waals surface area (Å²) in [6.07, 6.45) is 5.50. The lowest BCUT2D eigenvalue weighted by molar-refractivity contribution is -0.0715. The van der Waals surface area contributed by atoms with E-state index in [1.807, 2.05) is 10.9 Å². The monoisotopic (exact) mass is 496 g/mol. The molecule has 6 rings (SSSR count). The molecule has 0 bridgehead atoms. The van der Waals surface area contributed by atoms with Gasteiger partial charge in [-0.3, -0.25) is 4.68 Å². The fraction of sp³-hybridized carbons (Fsp3) is 0.400. The minimum absolute atomic E-state index is 0.0235. The van der Waals surface area contributed by atoms with Crippen molar-refractivity contribution in [3.8, 4) is 11.3 Å². The van der Waals surface area contributed by atoms with E-state index in [1.54, 1.807) is 26.1 Å². The highest BCUT2D eigenvalue weighted by Gasteiger charge is 2.43. The number of aryl methyl sites for hydroxylation is 2. The normalized spacial score (nSPS) is 22.6. The Kier molecular flexibility index (Phi) is 5.30. The first-order valence-electron chi connectivity index (χ1n) is 11.6. The molecule has 3 aromatic heterocycles. The van der Waals surface area contributed by atoms with Crippen molar-refractivity contribution in [3.05, 3.63) is 64.2 Å². The van der Waals surface area contributed by atoms with Gasteiger partial charge in [-0.15, -0.1) is 0 Å². The second-order valence-electron chi connectivity index (χ2n) is 9.35. The number of nitrogens with zero attached hydrogens (tertiary/aromatic N) is 6. The Morgan fingerprint density at radius 3 is 2.69 bits per heavy atom. The van der Waals surface area contributed by atoms with E-state index in [-0.39, 0.29) is 47.2 Å². The minimum Gasteiger partial charge on any atom is -0.373 e. The van der Waals surface area contributed by atoms with Crippen molar-refractivity contribution >= 4 is 22.8 Å². The average molecular weight is 497 g/mol. The zero-order chi connectivity index (χ0) is 24.3. The molecule has 2 aliphatic rings. The van der Waals surface area contributed by atoms with E-state index >= 15 is 4.39 Å². The number of aromatic nitrogens is 6. The Bertz CT molecular complexity index is 1460. The molecule has 10 heteroatoms. The first-order valence-corrected chi connectivity index (χ1v) is 12.0. The summed E-state index contributed by atoms with van der Waals surface area (Å²) >= 11 is 5.96. The Morgan fingerprint density at radius 1 is 1.11 bits per heavy atom. The SMILES string of the molecule is Cc1nc2nc([C@]3(F)CCO[C@@H](c4cnn(C5CC5)c4)C3)nc(-c3ccc(Cl)cc3F)c2nc1C. The summed E-state index contributed by atoms with van der Waals surface area (Å²) in [7, 11) is 0.